The van der Waals surface area contributed by atoms with Gasteiger partial charge in [0.1, 0.15) is 11.5 Å². The molecular formula is C16H22BrNO2. The molecule has 2 N–H and O–H groups in total. The van der Waals surface area contributed by atoms with Crippen LogP contribution >= 0.6 is 15.9 Å². The Bertz CT molecular complexity index is 501. The van der Waals surface area contributed by atoms with E-state index in [1.807, 2.05) is 19.9 Å². The Balaban J connectivity index is 2.28. The number of hydrogen-bond acceptors (Lipinski definition) is 3. The van der Waals surface area contributed by atoms with Crippen LogP contribution in [0.1, 0.15) is 37.8 Å². The van der Waals surface area contributed by atoms with Crippen molar-refractivity contribution in [1.29, 1.82) is 0 Å². The van der Waals surface area contributed by atoms with Crippen LogP contribution in [0, 0.1) is 5.41 Å². The number of rotatable bonds is 6. The summed E-state index contributed by atoms with van der Waals surface area (Å²) in [7, 11) is 0. The summed E-state index contributed by atoms with van der Waals surface area (Å²) in [6, 6.07) is 4.07. The van der Waals surface area contributed by atoms with E-state index in [-0.39, 0.29) is 5.78 Å². The number of nitrogens with two attached hydrogens (primary N) is 1. The van der Waals surface area contributed by atoms with Gasteiger partial charge in [0.2, 0.25) is 0 Å². The molecule has 20 heavy (non-hydrogen) atoms. The minimum atomic E-state index is -0.395. The van der Waals surface area contributed by atoms with Crippen LogP contribution in [0.5, 0.6) is 5.75 Å². The first kappa shape index (κ1) is 15.5. The van der Waals surface area contributed by atoms with Crippen LogP contribution in [0.2, 0.25) is 0 Å². The molecular weight excluding hydrogens is 318 g/mol. The van der Waals surface area contributed by atoms with Crippen LogP contribution < -0.4 is 10.5 Å². The van der Waals surface area contributed by atoms with E-state index in [1.165, 1.54) is 5.56 Å². The Morgan fingerprint density at radius 2 is 2.10 bits per heavy atom. The summed E-state index contributed by atoms with van der Waals surface area (Å²) in [6.07, 6.45) is 2.89. The number of halogens is 1. The lowest BCUT2D eigenvalue weighted by atomic mass is 9.76. The monoisotopic (exact) mass is 339 g/mol. The highest BCUT2D eigenvalue weighted by Gasteiger charge is 2.33. The third kappa shape index (κ3) is 2.77. The topological polar surface area (TPSA) is 52.3 Å². The van der Waals surface area contributed by atoms with Crippen molar-refractivity contribution in [2.45, 2.75) is 39.5 Å². The second-order valence-corrected chi connectivity index (χ2v) is 6.36. The summed E-state index contributed by atoms with van der Waals surface area (Å²) < 4.78 is 6.70. The molecule has 0 saturated heterocycles. The van der Waals surface area contributed by atoms with Gasteiger partial charge >= 0.3 is 0 Å². The molecule has 1 aliphatic heterocycles. The molecule has 110 valence electrons. The SMILES string of the molecule is CCC(CC)(CN)C(=O)Cc1cc(Br)cc2c1OCC2. The van der Waals surface area contributed by atoms with Crippen molar-refractivity contribution in [3.63, 3.8) is 0 Å². The fourth-order valence-corrected chi connectivity index (χ4v) is 3.44. The first-order valence-electron chi connectivity index (χ1n) is 7.23. The highest BCUT2D eigenvalue weighted by Crippen LogP contribution is 2.35. The number of ketones is 1. The van der Waals surface area contributed by atoms with Gasteiger partial charge in [-0.25, -0.2) is 0 Å². The van der Waals surface area contributed by atoms with Crippen LogP contribution in [0.3, 0.4) is 0 Å². The molecule has 4 heteroatoms. The van der Waals surface area contributed by atoms with Gasteiger partial charge in [-0.1, -0.05) is 29.8 Å². The Morgan fingerprint density at radius 1 is 1.40 bits per heavy atom. The van der Waals surface area contributed by atoms with Crippen LogP contribution in [0.15, 0.2) is 16.6 Å². The van der Waals surface area contributed by atoms with Gasteiger partial charge in [-0.3, -0.25) is 4.79 Å². The van der Waals surface area contributed by atoms with E-state index in [1.54, 1.807) is 0 Å². The molecule has 0 bridgehead atoms. The lowest BCUT2D eigenvalue weighted by molar-refractivity contribution is -0.128. The summed E-state index contributed by atoms with van der Waals surface area (Å²) in [6.45, 7) is 5.19. The number of carbonyl (C=O) groups excluding carboxylic acids is 1. The zero-order valence-corrected chi connectivity index (χ0v) is 13.8. The first-order valence-corrected chi connectivity index (χ1v) is 8.03. The van der Waals surface area contributed by atoms with Crippen molar-refractivity contribution in [1.82, 2.24) is 0 Å². The maximum Gasteiger partial charge on any atom is 0.144 e. The Hall–Kier alpha value is -0.870. The molecule has 0 fully saturated rings. The molecule has 1 heterocycles. The molecule has 0 atom stereocenters. The average molecular weight is 340 g/mol. The molecule has 1 aromatic rings. The Kier molecular flexibility index (Phi) is 4.86. The fourth-order valence-electron chi connectivity index (χ4n) is 2.88. The molecule has 0 spiro atoms. The van der Waals surface area contributed by atoms with Gasteiger partial charge in [-0.2, -0.15) is 0 Å². The van der Waals surface area contributed by atoms with Gasteiger partial charge in [0.25, 0.3) is 0 Å². The standard InChI is InChI=1S/C16H22BrNO2/c1-3-16(4-2,10-18)14(19)9-12-8-13(17)7-11-5-6-20-15(11)12/h7-8H,3-6,9-10,18H2,1-2H3. The summed E-state index contributed by atoms with van der Waals surface area (Å²) in [4.78, 5) is 12.7. The zero-order valence-electron chi connectivity index (χ0n) is 12.2. The lowest BCUT2D eigenvalue weighted by Gasteiger charge is -2.28. The summed E-state index contributed by atoms with van der Waals surface area (Å²) >= 11 is 3.52. The van der Waals surface area contributed by atoms with Crippen LogP contribution in [0.4, 0.5) is 0 Å². The number of Topliss-reactive ketones (excluding diaryl/α,β-unsaturated/α-hetero) is 1. The minimum Gasteiger partial charge on any atom is -0.493 e. The van der Waals surface area contributed by atoms with E-state index >= 15 is 0 Å². The molecule has 0 radical (unpaired) electrons. The largest absolute Gasteiger partial charge is 0.493 e. The van der Waals surface area contributed by atoms with E-state index in [2.05, 4.69) is 22.0 Å². The zero-order chi connectivity index (χ0) is 14.8. The van der Waals surface area contributed by atoms with E-state index in [0.29, 0.717) is 19.6 Å². The summed E-state index contributed by atoms with van der Waals surface area (Å²) in [5, 5.41) is 0. The smallest absolute Gasteiger partial charge is 0.144 e. The third-order valence-electron chi connectivity index (χ3n) is 4.51. The van der Waals surface area contributed by atoms with Crippen molar-refractivity contribution >= 4 is 21.7 Å². The van der Waals surface area contributed by atoms with E-state index in [9.17, 15) is 4.79 Å². The predicted molar refractivity (Wildman–Crippen MR) is 84.1 cm³/mol. The molecule has 1 aliphatic rings. The summed E-state index contributed by atoms with van der Waals surface area (Å²) in [5.74, 6) is 1.13. The second-order valence-electron chi connectivity index (χ2n) is 5.44. The lowest BCUT2D eigenvalue weighted by Crippen LogP contribution is -2.38. The van der Waals surface area contributed by atoms with E-state index in [4.69, 9.17) is 10.5 Å². The highest BCUT2D eigenvalue weighted by molar-refractivity contribution is 9.10. The summed E-state index contributed by atoms with van der Waals surface area (Å²) in [5.41, 5.74) is 7.64. The average Bonchev–Trinajstić information content (AvgIpc) is 2.89. The minimum absolute atomic E-state index is 0.223. The van der Waals surface area contributed by atoms with Crippen molar-refractivity contribution < 1.29 is 9.53 Å². The second kappa shape index (κ2) is 6.27. The number of fused-ring (bicyclic) bond motifs is 1. The molecule has 0 amide bonds. The maximum atomic E-state index is 12.7. The number of hydrogen-bond donors (Lipinski definition) is 1. The Labute approximate surface area is 129 Å². The normalized spacial score (nSPS) is 14.0. The maximum absolute atomic E-state index is 12.7. The Morgan fingerprint density at radius 3 is 2.70 bits per heavy atom. The number of carbonyl (C=O) groups is 1. The molecule has 1 aromatic carbocycles. The van der Waals surface area contributed by atoms with Gasteiger partial charge in [-0.15, -0.1) is 0 Å². The van der Waals surface area contributed by atoms with Crippen molar-refractivity contribution in [3.05, 3.63) is 27.7 Å². The fraction of sp³-hybridized carbons (Fsp3) is 0.562. The van der Waals surface area contributed by atoms with E-state index < -0.39 is 5.41 Å². The van der Waals surface area contributed by atoms with Crippen molar-refractivity contribution in [2.75, 3.05) is 13.2 Å². The van der Waals surface area contributed by atoms with Crippen LogP contribution in [0.25, 0.3) is 0 Å². The molecule has 0 aliphatic carbocycles. The van der Waals surface area contributed by atoms with Gasteiger partial charge in [0.05, 0.1) is 6.61 Å². The van der Waals surface area contributed by atoms with E-state index in [0.717, 1.165) is 35.0 Å². The van der Waals surface area contributed by atoms with Crippen molar-refractivity contribution in [3.8, 4) is 5.75 Å². The number of ether oxygens (including phenoxy) is 1. The van der Waals surface area contributed by atoms with Gasteiger partial charge in [-0.05, 0) is 30.5 Å². The van der Waals surface area contributed by atoms with Gasteiger partial charge in [0.15, 0.2) is 0 Å². The molecule has 0 aromatic heterocycles. The molecule has 3 nitrogen and oxygen atoms in total. The highest BCUT2D eigenvalue weighted by atomic mass is 79.9. The van der Waals surface area contributed by atoms with Crippen LogP contribution in [-0.4, -0.2) is 18.9 Å². The predicted octanol–water partition coefficient (Wildman–Crippen LogP) is 3.26. The van der Waals surface area contributed by atoms with Gasteiger partial charge < -0.3 is 10.5 Å². The number of benzene rings is 1. The molecule has 0 unspecified atom stereocenters. The molecule has 0 saturated carbocycles. The third-order valence-corrected chi connectivity index (χ3v) is 4.97. The quantitative estimate of drug-likeness (QED) is 0.865. The molecule has 2 rings (SSSR count). The van der Waals surface area contributed by atoms with Gasteiger partial charge in [0, 0.05) is 34.8 Å². The first-order chi connectivity index (χ1) is 9.56. The van der Waals surface area contributed by atoms with Crippen LogP contribution in [-0.2, 0) is 17.6 Å². The van der Waals surface area contributed by atoms with Crippen molar-refractivity contribution in [2.24, 2.45) is 11.1 Å².